The lowest BCUT2D eigenvalue weighted by molar-refractivity contribution is 0.102. The Hall–Kier alpha value is -2.29. The Balaban J connectivity index is 2.30. The number of methoxy groups -OCH3 is 2. The van der Waals surface area contributed by atoms with Gasteiger partial charge in [0.1, 0.15) is 11.5 Å². The van der Waals surface area contributed by atoms with Crippen LogP contribution < -0.4 is 14.8 Å². The Bertz CT molecular complexity index is 859. The van der Waals surface area contributed by atoms with Crippen molar-refractivity contribution in [2.75, 3.05) is 19.5 Å². The van der Waals surface area contributed by atoms with Gasteiger partial charge in [-0.1, -0.05) is 11.6 Å². The number of rotatable bonds is 5. The second-order valence-corrected chi connectivity index (χ2v) is 6.50. The van der Waals surface area contributed by atoms with Crippen LogP contribution in [-0.2, 0) is 10.1 Å². The third kappa shape index (κ3) is 4.16. The van der Waals surface area contributed by atoms with E-state index in [0.29, 0.717) is 11.5 Å². The monoisotopic (exact) mass is 371 g/mol. The predicted molar refractivity (Wildman–Crippen MR) is 88.8 cm³/mol. The normalized spacial score (nSPS) is 11.0. The van der Waals surface area contributed by atoms with E-state index < -0.39 is 16.0 Å². The van der Waals surface area contributed by atoms with Crippen molar-refractivity contribution >= 4 is 33.3 Å². The minimum Gasteiger partial charge on any atom is -0.497 e. The first-order valence-electron chi connectivity index (χ1n) is 6.56. The summed E-state index contributed by atoms with van der Waals surface area (Å²) in [6.45, 7) is 0. The van der Waals surface area contributed by atoms with Crippen LogP contribution >= 0.6 is 11.6 Å². The lowest BCUT2D eigenvalue weighted by Crippen LogP contribution is -2.13. The predicted octanol–water partition coefficient (Wildman–Crippen LogP) is 2.86. The van der Waals surface area contributed by atoms with Crippen LogP contribution in [0.4, 0.5) is 5.69 Å². The summed E-state index contributed by atoms with van der Waals surface area (Å²) in [7, 11) is -1.45. The first kappa shape index (κ1) is 18.1. The number of anilines is 1. The Morgan fingerprint density at radius 1 is 1.08 bits per heavy atom. The molecule has 0 unspecified atom stereocenters. The molecular formula is C15H14ClNO6S. The minimum atomic E-state index is -4.37. The minimum absolute atomic E-state index is 0.0339. The second-order valence-electron chi connectivity index (χ2n) is 4.67. The van der Waals surface area contributed by atoms with Gasteiger partial charge in [-0.3, -0.25) is 9.35 Å². The molecule has 0 atom stereocenters. The summed E-state index contributed by atoms with van der Waals surface area (Å²) in [6, 6.07) is 8.09. The summed E-state index contributed by atoms with van der Waals surface area (Å²) in [4.78, 5) is 12.0. The molecule has 0 fully saturated rings. The summed E-state index contributed by atoms with van der Waals surface area (Å²) in [5.41, 5.74) is 0.456. The van der Waals surface area contributed by atoms with Crippen LogP contribution in [0.1, 0.15) is 10.4 Å². The van der Waals surface area contributed by atoms with Crippen molar-refractivity contribution in [3.8, 4) is 11.5 Å². The summed E-state index contributed by atoms with van der Waals surface area (Å²) >= 11 is 5.94. The topological polar surface area (TPSA) is 102 Å². The summed E-state index contributed by atoms with van der Waals surface area (Å²) in [5, 5.41) is 2.52. The molecular weight excluding hydrogens is 358 g/mol. The number of amides is 1. The van der Waals surface area contributed by atoms with Crippen LogP contribution in [0.3, 0.4) is 0 Å². The zero-order valence-corrected chi connectivity index (χ0v) is 14.3. The van der Waals surface area contributed by atoms with Crippen LogP contribution in [0, 0.1) is 0 Å². The van der Waals surface area contributed by atoms with E-state index in [1.165, 1.54) is 32.4 Å². The number of hydrogen-bond donors (Lipinski definition) is 2. The molecule has 0 heterocycles. The van der Waals surface area contributed by atoms with Crippen molar-refractivity contribution in [3.05, 3.63) is 47.0 Å². The van der Waals surface area contributed by atoms with Crippen molar-refractivity contribution in [1.82, 2.24) is 0 Å². The molecule has 1 amide bonds. The molecule has 9 heteroatoms. The fourth-order valence-electron chi connectivity index (χ4n) is 1.89. The maximum atomic E-state index is 12.3. The molecule has 2 aromatic rings. The van der Waals surface area contributed by atoms with Crippen molar-refractivity contribution < 1.29 is 27.2 Å². The molecule has 0 aromatic heterocycles. The Kier molecular flexibility index (Phi) is 5.33. The van der Waals surface area contributed by atoms with Crippen LogP contribution in [-0.4, -0.2) is 33.1 Å². The van der Waals surface area contributed by atoms with Crippen LogP contribution in [0.5, 0.6) is 11.5 Å². The lowest BCUT2D eigenvalue weighted by atomic mass is 10.2. The van der Waals surface area contributed by atoms with Crippen molar-refractivity contribution in [1.29, 1.82) is 0 Å². The molecule has 2 N–H and O–H groups in total. The van der Waals surface area contributed by atoms with E-state index in [9.17, 15) is 13.2 Å². The summed E-state index contributed by atoms with van der Waals surface area (Å²) < 4.78 is 41.3. The number of carbonyl (C=O) groups is 1. The highest BCUT2D eigenvalue weighted by atomic mass is 35.5. The van der Waals surface area contributed by atoms with E-state index in [1.54, 1.807) is 6.07 Å². The highest BCUT2D eigenvalue weighted by Gasteiger charge is 2.15. The average Bonchev–Trinajstić information content (AvgIpc) is 2.55. The molecule has 0 spiro atoms. The number of hydrogen-bond acceptors (Lipinski definition) is 5. The van der Waals surface area contributed by atoms with E-state index in [0.717, 1.165) is 12.1 Å². The van der Waals surface area contributed by atoms with Crippen LogP contribution in [0.15, 0.2) is 41.3 Å². The van der Waals surface area contributed by atoms with Gasteiger partial charge in [0.2, 0.25) is 0 Å². The Labute approximate surface area is 143 Å². The van der Waals surface area contributed by atoms with Crippen molar-refractivity contribution in [2.24, 2.45) is 0 Å². The van der Waals surface area contributed by atoms with Gasteiger partial charge >= 0.3 is 0 Å². The Morgan fingerprint density at radius 3 is 2.12 bits per heavy atom. The second kappa shape index (κ2) is 7.08. The molecule has 0 saturated carbocycles. The smallest absolute Gasteiger partial charge is 0.294 e. The summed E-state index contributed by atoms with van der Waals surface area (Å²) in [5.74, 6) is 0.383. The molecule has 0 aliphatic heterocycles. The molecule has 0 radical (unpaired) electrons. The van der Waals surface area contributed by atoms with E-state index >= 15 is 0 Å². The van der Waals surface area contributed by atoms with Gasteiger partial charge in [0, 0.05) is 11.6 Å². The number of carbonyl (C=O) groups excluding carboxylic acids is 1. The van der Waals surface area contributed by atoms with Gasteiger partial charge in [-0.25, -0.2) is 0 Å². The van der Waals surface area contributed by atoms with E-state index in [2.05, 4.69) is 5.32 Å². The van der Waals surface area contributed by atoms with Gasteiger partial charge in [0.25, 0.3) is 16.0 Å². The Morgan fingerprint density at radius 2 is 1.67 bits per heavy atom. The van der Waals surface area contributed by atoms with Crippen LogP contribution in [0.2, 0.25) is 5.02 Å². The lowest BCUT2D eigenvalue weighted by Gasteiger charge is -2.10. The van der Waals surface area contributed by atoms with Gasteiger partial charge in [-0.15, -0.1) is 0 Å². The van der Waals surface area contributed by atoms with E-state index in [4.69, 9.17) is 25.6 Å². The maximum Gasteiger partial charge on any atom is 0.294 e. The van der Waals surface area contributed by atoms with Gasteiger partial charge in [-0.2, -0.15) is 8.42 Å². The fourth-order valence-corrected chi connectivity index (χ4v) is 2.69. The molecule has 24 heavy (non-hydrogen) atoms. The summed E-state index contributed by atoms with van der Waals surface area (Å²) in [6.07, 6.45) is 0. The molecule has 0 aliphatic carbocycles. The molecule has 7 nitrogen and oxygen atoms in total. The molecule has 2 rings (SSSR count). The maximum absolute atomic E-state index is 12.3. The molecule has 0 bridgehead atoms. The molecule has 0 saturated heterocycles. The third-order valence-electron chi connectivity index (χ3n) is 3.10. The SMILES string of the molecule is COc1cc(OC)cc(C(=O)Nc2ccc(S(=O)(=O)O)cc2Cl)c1. The van der Waals surface area contributed by atoms with Gasteiger partial charge in [0.05, 0.1) is 29.8 Å². The zero-order valence-electron chi connectivity index (χ0n) is 12.7. The van der Waals surface area contributed by atoms with Gasteiger partial charge in [0.15, 0.2) is 0 Å². The standard InChI is InChI=1S/C15H14ClNO6S/c1-22-10-5-9(6-11(7-10)23-2)15(18)17-14-4-3-12(8-13(14)16)24(19,20)21/h3-8H,1-2H3,(H,17,18)(H,19,20,21). The number of halogens is 1. The van der Waals surface area contributed by atoms with Crippen LogP contribution in [0.25, 0.3) is 0 Å². The quantitative estimate of drug-likeness (QED) is 0.783. The molecule has 0 aliphatic rings. The largest absolute Gasteiger partial charge is 0.497 e. The highest BCUT2D eigenvalue weighted by molar-refractivity contribution is 7.85. The zero-order chi connectivity index (χ0) is 17.9. The third-order valence-corrected chi connectivity index (χ3v) is 4.26. The number of benzene rings is 2. The highest BCUT2D eigenvalue weighted by Crippen LogP contribution is 2.27. The van der Waals surface area contributed by atoms with Crippen molar-refractivity contribution in [2.45, 2.75) is 4.90 Å². The van der Waals surface area contributed by atoms with Crippen molar-refractivity contribution in [3.63, 3.8) is 0 Å². The first-order valence-corrected chi connectivity index (χ1v) is 8.38. The van der Waals surface area contributed by atoms with Gasteiger partial charge in [-0.05, 0) is 30.3 Å². The fraction of sp³-hybridized carbons (Fsp3) is 0.133. The number of ether oxygens (including phenoxy) is 2. The van der Waals surface area contributed by atoms with E-state index in [1.807, 2.05) is 0 Å². The number of nitrogens with one attached hydrogen (secondary N) is 1. The average molecular weight is 372 g/mol. The molecule has 128 valence electrons. The van der Waals surface area contributed by atoms with Gasteiger partial charge < -0.3 is 14.8 Å². The molecule has 2 aromatic carbocycles. The van der Waals surface area contributed by atoms with E-state index in [-0.39, 0.29) is 21.2 Å². The first-order chi connectivity index (χ1) is 11.2.